The topological polar surface area (TPSA) is 41.9 Å². The van der Waals surface area contributed by atoms with Gasteiger partial charge in [0.25, 0.3) is 0 Å². The summed E-state index contributed by atoms with van der Waals surface area (Å²) in [5, 5.41) is 4.56. The molecular weight excluding hydrogens is 775 g/mol. The highest BCUT2D eigenvalue weighted by molar-refractivity contribution is 6.98. The normalized spacial score (nSPS) is 11.3. The van der Waals surface area contributed by atoms with Crippen molar-refractivity contribution in [2.45, 2.75) is 41.5 Å². The highest BCUT2D eigenvalue weighted by Crippen LogP contribution is 2.44. The molecule has 4 nitrogen and oxygen atoms in total. The van der Waals surface area contributed by atoms with Crippen LogP contribution in [0.1, 0.15) is 33.4 Å². The Hall–Kier alpha value is -7.63. The van der Waals surface area contributed by atoms with E-state index >= 15 is 0 Å². The molecule has 0 bridgehead atoms. The van der Waals surface area contributed by atoms with Crippen molar-refractivity contribution in [3.63, 3.8) is 0 Å². The number of benzene rings is 9. The zero-order valence-corrected chi connectivity index (χ0v) is 37.3. The summed E-state index contributed by atoms with van der Waals surface area (Å²) in [4.78, 5) is 18.3. The van der Waals surface area contributed by atoms with Gasteiger partial charge in [0.1, 0.15) is 0 Å². The Labute approximate surface area is 377 Å². The number of hydrogen-bond acceptors (Lipinski definition) is 4. The van der Waals surface area contributed by atoms with Crippen LogP contribution in [0.3, 0.4) is 0 Å². The first-order valence-corrected chi connectivity index (χ1v) is 22.1. The SMILES string of the molecule is Cc1cc(C)c(B(c2c(C)cc(C)cc2C)c2ccc(N(c3nc(-c4ccccc4)nc(-c4ccccc4)n3)c3cc4ccccc4cc3-c3ccccc3)c3ccccc23)c(C)c1. The molecule has 0 saturated heterocycles. The molecule has 308 valence electrons. The number of nitrogens with zero attached hydrogens (tertiary/aromatic N) is 4. The van der Waals surface area contributed by atoms with Crippen LogP contribution in [0.4, 0.5) is 17.3 Å². The number of fused-ring (bicyclic) bond motifs is 2. The molecule has 1 aromatic heterocycles. The lowest BCUT2D eigenvalue weighted by molar-refractivity contribution is 1.03. The molecule has 0 unspecified atom stereocenters. The average molecular weight is 825 g/mol. The Morgan fingerprint density at radius 1 is 0.375 bits per heavy atom. The summed E-state index contributed by atoms with van der Waals surface area (Å²) in [6.45, 7) is 13.5. The van der Waals surface area contributed by atoms with Crippen molar-refractivity contribution in [2.24, 2.45) is 0 Å². The molecule has 0 aliphatic carbocycles. The van der Waals surface area contributed by atoms with Crippen LogP contribution in [0, 0.1) is 41.5 Å². The summed E-state index contributed by atoms with van der Waals surface area (Å²) in [5.74, 6) is 1.74. The first-order valence-electron chi connectivity index (χ1n) is 22.1. The summed E-state index contributed by atoms with van der Waals surface area (Å²) in [7, 11) is 0. The van der Waals surface area contributed by atoms with Gasteiger partial charge >= 0.3 is 0 Å². The summed E-state index contributed by atoms with van der Waals surface area (Å²) in [6.07, 6.45) is 0. The quantitative estimate of drug-likeness (QED) is 0.136. The van der Waals surface area contributed by atoms with Crippen molar-refractivity contribution in [3.8, 4) is 33.9 Å². The molecule has 0 N–H and O–H groups in total. The minimum absolute atomic E-state index is 0.0132. The van der Waals surface area contributed by atoms with Gasteiger partial charge < -0.3 is 0 Å². The molecule has 0 fully saturated rings. The molecule has 0 saturated carbocycles. The second-order valence-electron chi connectivity index (χ2n) is 17.2. The highest BCUT2D eigenvalue weighted by Gasteiger charge is 2.32. The number of hydrogen-bond donors (Lipinski definition) is 0. The van der Waals surface area contributed by atoms with Gasteiger partial charge in [0.2, 0.25) is 12.7 Å². The monoisotopic (exact) mass is 824 g/mol. The third kappa shape index (κ3) is 7.54. The largest absolute Gasteiger partial charge is 0.278 e. The molecule has 0 aliphatic heterocycles. The number of aryl methyl sites for hydroxylation is 6. The van der Waals surface area contributed by atoms with Gasteiger partial charge in [-0.25, -0.2) is 4.98 Å². The van der Waals surface area contributed by atoms with E-state index in [0.717, 1.165) is 49.8 Å². The maximum atomic E-state index is 5.42. The molecule has 9 aromatic carbocycles. The summed E-state index contributed by atoms with van der Waals surface area (Å²) < 4.78 is 0. The Bertz CT molecular complexity index is 3190. The minimum atomic E-state index is -0.0132. The van der Waals surface area contributed by atoms with E-state index in [1.165, 1.54) is 55.2 Å². The smallest absolute Gasteiger partial charge is 0.243 e. The standard InChI is InChI=1S/C59H49BN4/c1-38-32-40(3)55(41(4)33-38)60(56-42(5)34-39(2)35-43(56)6)52-30-31-53(50-29-19-18-28-49(50)52)64(54-37-48-27-17-16-26-47(48)36-51(54)44-20-10-7-11-21-44)59-62-57(45-22-12-8-13-23-45)61-58(63-59)46-24-14-9-15-25-46/h7-37H,1-6H3. The van der Waals surface area contributed by atoms with Gasteiger partial charge in [-0.05, 0) is 81.5 Å². The van der Waals surface area contributed by atoms with Crippen molar-refractivity contribution < 1.29 is 0 Å². The highest BCUT2D eigenvalue weighted by atomic mass is 15.3. The van der Waals surface area contributed by atoms with Crippen molar-refractivity contribution >= 4 is 62.0 Å². The lowest BCUT2D eigenvalue weighted by atomic mass is 9.33. The predicted octanol–water partition coefficient (Wildman–Crippen LogP) is 13.0. The fraction of sp³-hybridized carbons (Fsp3) is 0.102. The Balaban J connectivity index is 1.32. The van der Waals surface area contributed by atoms with E-state index in [1.807, 2.05) is 36.4 Å². The van der Waals surface area contributed by atoms with Gasteiger partial charge in [0, 0.05) is 22.1 Å². The van der Waals surface area contributed by atoms with Crippen LogP contribution in [0.25, 0.3) is 55.4 Å². The molecule has 10 rings (SSSR count). The molecule has 0 aliphatic rings. The van der Waals surface area contributed by atoms with Crippen molar-refractivity contribution in [3.05, 3.63) is 221 Å². The van der Waals surface area contributed by atoms with Crippen molar-refractivity contribution in [1.29, 1.82) is 0 Å². The fourth-order valence-electron chi connectivity index (χ4n) is 10.0. The molecule has 0 spiro atoms. The average Bonchev–Trinajstić information content (AvgIpc) is 3.31. The van der Waals surface area contributed by atoms with Crippen LogP contribution >= 0.6 is 0 Å². The van der Waals surface area contributed by atoms with Crippen LogP contribution in [0.5, 0.6) is 0 Å². The molecule has 1 heterocycles. The van der Waals surface area contributed by atoms with E-state index in [2.05, 4.69) is 198 Å². The number of rotatable bonds is 9. The van der Waals surface area contributed by atoms with Gasteiger partial charge in [-0.3, -0.25) is 4.90 Å². The van der Waals surface area contributed by atoms with Crippen molar-refractivity contribution in [1.82, 2.24) is 15.0 Å². The maximum Gasteiger partial charge on any atom is 0.243 e. The van der Waals surface area contributed by atoms with Gasteiger partial charge in [-0.1, -0.05) is 220 Å². The van der Waals surface area contributed by atoms with E-state index < -0.39 is 0 Å². The Morgan fingerprint density at radius 2 is 0.812 bits per heavy atom. The Kier molecular flexibility index (Phi) is 10.7. The fourth-order valence-corrected chi connectivity index (χ4v) is 10.0. The molecule has 5 heteroatoms. The lowest BCUT2D eigenvalue weighted by Crippen LogP contribution is -2.56. The molecule has 64 heavy (non-hydrogen) atoms. The van der Waals surface area contributed by atoms with E-state index in [-0.39, 0.29) is 6.71 Å². The van der Waals surface area contributed by atoms with E-state index in [4.69, 9.17) is 15.0 Å². The zero-order valence-electron chi connectivity index (χ0n) is 37.3. The molecular formula is C59H49BN4. The van der Waals surface area contributed by atoms with Gasteiger partial charge in [0.15, 0.2) is 11.6 Å². The second-order valence-corrected chi connectivity index (χ2v) is 17.2. The minimum Gasteiger partial charge on any atom is -0.278 e. The second kappa shape index (κ2) is 16.9. The van der Waals surface area contributed by atoms with Crippen LogP contribution in [-0.2, 0) is 0 Å². The van der Waals surface area contributed by atoms with Crippen LogP contribution in [0.15, 0.2) is 188 Å². The summed E-state index contributed by atoms with van der Waals surface area (Å²) >= 11 is 0. The van der Waals surface area contributed by atoms with E-state index in [1.54, 1.807) is 0 Å². The van der Waals surface area contributed by atoms with Crippen LogP contribution in [-0.4, -0.2) is 21.7 Å². The lowest BCUT2D eigenvalue weighted by Gasteiger charge is -2.30. The van der Waals surface area contributed by atoms with E-state index in [0.29, 0.717) is 17.6 Å². The zero-order chi connectivity index (χ0) is 43.9. The number of aromatic nitrogens is 3. The maximum absolute atomic E-state index is 5.42. The third-order valence-electron chi connectivity index (χ3n) is 12.6. The summed E-state index contributed by atoms with van der Waals surface area (Å²) in [5.41, 5.74) is 17.7. The van der Waals surface area contributed by atoms with Gasteiger partial charge in [-0.15, -0.1) is 0 Å². The predicted molar refractivity (Wildman–Crippen MR) is 272 cm³/mol. The first-order chi connectivity index (χ1) is 31.2. The number of anilines is 3. The first kappa shape index (κ1) is 40.4. The Morgan fingerprint density at radius 3 is 1.33 bits per heavy atom. The van der Waals surface area contributed by atoms with Gasteiger partial charge in [0.05, 0.1) is 11.4 Å². The van der Waals surface area contributed by atoms with E-state index in [9.17, 15) is 0 Å². The molecule has 0 radical (unpaired) electrons. The van der Waals surface area contributed by atoms with Crippen LogP contribution in [0.2, 0.25) is 0 Å². The van der Waals surface area contributed by atoms with Gasteiger partial charge in [-0.2, -0.15) is 9.97 Å². The summed E-state index contributed by atoms with van der Waals surface area (Å²) in [6, 6.07) is 67.3. The molecule has 10 aromatic rings. The van der Waals surface area contributed by atoms with Crippen LogP contribution < -0.4 is 21.3 Å². The molecule has 0 amide bonds. The molecule has 0 atom stereocenters. The van der Waals surface area contributed by atoms with Crippen molar-refractivity contribution in [2.75, 3.05) is 4.90 Å². The third-order valence-corrected chi connectivity index (χ3v) is 12.6.